The topological polar surface area (TPSA) is 32.3 Å². The minimum Gasteiger partial charge on any atom is -0.392 e. The number of nitrogens with one attached hydrogen (secondary N) is 1. The van der Waals surface area contributed by atoms with Crippen molar-refractivity contribution in [2.45, 2.75) is 64.0 Å². The van der Waals surface area contributed by atoms with E-state index in [9.17, 15) is 5.11 Å². The molecule has 0 aliphatic heterocycles. The summed E-state index contributed by atoms with van der Waals surface area (Å²) >= 11 is 0. The molecular weight excluding hydrogens is 174 g/mol. The summed E-state index contributed by atoms with van der Waals surface area (Å²) in [6.45, 7) is 3.44. The second-order valence-electron chi connectivity index (χ2n) is 5.50. The summed E-state index contributed by atoms with van der Waals surface area (Å²) in [4.78, 5) is 0. The van der Waals surface area contributed by atoms with Gasteiger partial charge in [0.1, 0.15) is 0 Å². The van der Waals surface area contributed by atoms with Crippen molar-refractivity contribution in [3.63, 3.8) is 0 Å². The second-order valence-corrected chi connectivity index (χ2v) is 5.50. The summed E-state index contributed by atoms with van der Waals surface area (Å²) in [6, 6.07) is 0.370. The van der Waals surface area contributed by atoms with Gasteiger partial charge in [-0.05, 0) is 31.1 Å². The van der Waals surface area contributed by atoms with Gasteiger partial charge >= 0.3 is 0 Å². The molecule has 2 atom stereocenters. The zero-order chi connectivity index (χ0) is 10.0. The predicted octanol–water partition coefficient (Wildman–Crippen LogP) is 2.07. The van der Waals surface area contributed by atoms with Gasteiger partial charge in [0.05, 0.1) is 6.10 Å². The van der Waals surface area contributed by atoms with Gasteiger partial charge in [-0.25, -0.2) is 0 Å². The number of aliphatic hydroxyl groups excluding tert-OH is 1. The molecule has 2 saturated carbocycles. The van der Waals surface area contributed by atoms with Crippen LogP contribution in [0.2, 0.25) is 0 Å². The number of aliphatic hydroxyl groups is 1. The van der Waals surface area contributed by atoms with Crippen LogP contribution in [0, 0.1) is 5.41 Å². The minimum absolute atomic E-state index is 0.0974. The third-order valence-corrected chi connectivity index (χ3v) is 3.87. The Morgan fingerprint density at radius 2 is 1.93 bits per heavy atom. The molecule has 0 aromatic heterocycles. The van der Waals surface area contributed by atoms with Gasteiger partial charge in [0.2, 0.25) is 0 Å². The van der Waals surface area contributed by atoms with Gasteiger partial charge in [-0.2, -0.15) is 0 Å². The van der Waals surface area contributed by atoms with E-state index in [-0.39, 0.29) is 6.10 Å². The van der Waals surface area contributed by atoms with Crippen molar-refractivity contribution in [3.8, 4) is 0 Å². The van der Waals surface area contributed by atoms with Gasteiger partial charge in [-0.15, -0.1) is 0 Å². The Morgan fingerprint density at radius 3 is 2.64 bits per heavy atom. The molecule has 0 heterocycles. The highest BCUT2D eigenvalue weighted by Crippen LogP contribution is 2.44. The highest BCUT2D eigenvalue weighted by molar-refractivity contribution is 4.92. The fourth-order valence-electron chi connectivity index (χ4n) is 2.29. The molecule has 82 valence electrons. The van der Waals surface area contributed by atoms with Crippen molar-refractivity contribution in [1.29, 1.82) is 0 Å². The molecule has 2 unspecified atom stereocenters. The molecule has 0 spiro atoms. The first-order valence-corrected chi connectivity index (χ1v) is 6.11. The molecule has 2 aliphatic rings. The standard InChI is InChI=1S/C12H23NO/c1-12(7-8-12)9-13-10-5-3-2-4-6-11(10)14/h10-11,13-14H,2-9H2,1H3. The van der Waals surface area contributed by atoms with Crippen LogP contribution in [0.25, 0.3) is 0 Å². The SMILES string of the molecule is CC1(CNC2CCCCCC2O)CC1. The lowest BCUT2D eigenvalue weighted by Gasteiger charge is -2.23. The summed E-state index contributed by atoms with van der Waals surface area (Å²) in [7, 11) is 0. The molecule has 2 rings (SSSR count). The first-order valence-electron chi connectivity index (χ1n) is 6.11. The van der Waals surface area contributed by atoms with Crippen molar-refractivity contribution in [1.82, 2.24) is 5.32 Å². The molecule has 0 radical (unpaired) electrons. The van der Waals surface area contributed by atoms with Crippen LogP contribution in [0.4, 0.5) is 0 Å². The van der Waals surface area contributed by atoms with Gasteiger partial charge in [0, 0.05) is 12.6 Å². The van der Waals surface area contributed by atoms with Gasteiger partial charge in [-0.3, -0.25) is 0 Å². The van der Waals surface area contributed by atoms with E-state index in [1.54, 1.807) is 0 Å². The summed E-state index contributed by atoms with van der Waals surface area (Å²) in [5.41, 5.74) is 0.562. The lowest BCUT2D eigenvalue weighted by Crippen LogP contribution is -2.41. The Morgan fingerprint density at radius 1 is 1.21 bits per heavy atom. The normalized spacial score (nSPS) is 36.4. The average molecular weight is 197 g/mol. The maximum absolute atomic E-state index is 9.90. The molecule has 2 nitrogen and oxygen atoms in total. The molecule has 0 saturated heterocycles. The van der Waals surface area contributed by atoms with E-state index in [4.69, 9.17) is 0 Å². The molecular formula is C12H23NO. The lowest BCUT2D eigenvalue weighted by molar-refractivity contribution is 0.117. The first-order chi connectivity index (χ1) is 6.70. The predicted molar refractivity (Wildman–Crippen MR) is 58.2 cm³/mol. The number of hydrogen-bond donors (Lipinski definition) is 2. The molecule has 0 aromatic rings. The second kappa shape index (κ2) is 4.19. The van der Waals surface area contributed by atoms with Crippen molar-refractivity contribution >= 4 is 0 Å². The van der Waals surface area contributed by atoms with Crippen LogP contribution in [0.15, 0.2) is 0 Å². The molecule has 2 fully saturated rings. The molecule has 14 heavy (non-hydrogen) atoms. The summed E-state index contributed by atoms with van der Waals surface area (Å²) in [5.74, 6) is 0. The monoisotopic (exact) mass is 197 g/mol. The van der Waals surface area contributed by atoms with Crippen LogP contribution < -0.4 is 5.32 Å². The van der Waals surface area contributed by atoms with E-state index >= 15 is 0 Å². The van der Waals surface area contributed by atoms with Crippen LogP contribution in [0.3, 0.4) is 0 Å². The van der Waals surface area contributed by atoms with Gasteiger partial charge in [0.25, 0.3) is 0 Å². The number of hydrogen-bond acceptors (Lipinski definition) is 2. The van der Waals surface area contributed by atoms with E-state index < -0.39 is 0 Å². The third-order valence-electron chi connectivity index (χ3n) is 3.87. The smallest absolute Gasteiger partial charge is 0.0693 e. The first kappa shape index (κ1) is 10.4. The van der Waals surface area contributed by atoms with Crippen molar-refractivity contribution in [2.75, 3.05) is 6.54 Å². The van der Waals surface area contributed by atoms with Crippen LogP contribution in [0.5, 0.6) is 0 Å². The van der Waals surface area contributed by atoms with E-state index in [1.807, 2.05) is 0 Å². The summed E-state index contributed by atoms with van der Waals surface area (Å²) in [5, 5.41) is 13.5. The van der Waals surface area contributed by atoms with Crippen molar-refractivity contribution < 1.29 is 5.11 Å². The Balaban J connectivity index is 1.76. The van der Waals surface area contributed by atoms with Gasteiger partial charge in [-0.1, -0.05) is 26.2 Å². The van der Waals surface area contributed by atoms with Crippen LogP contribution >= 0.6 is 0 Å². The van der Waals surface area contributed by atoms with Crippen LogP contribution in [0.1, 0.15) is 51.9 Å². The van der Waals surface area contributed by atoms with E-state index in [0.717, 1.165) is 19.4 Å². The Labute approximate surface area is 87.1 Å². The Bertz CT molecular complexity index is 189. The fraction of sp³-hybridized carbons (Fsp3) is 1.00. The van der Waals surface area contributed by atoms with Gasteiger partial charge in [0.15, 0.2) is 0 Å². The van der Waals surface area contributed by atoms with E-state index in [1.165, 1.54) is 32.1 Å². The highest BCUT2D eigenvalue weighted by atomic mass is 16.3. The van der Waals surface area contributed by atoms with E-state index in [2.05, 4.69) is 12.2 Å². The molecule has 0 aromatic carbocycles. The molecule has 2 aliphatic carbocycles. The summed E-state index contributed by atoms with van der Waals surface area (Å²) in [6.07, 6.45) is 8.58. The minimum atomic E-state index is -0.0974. The molecule has 0 bridgehead atoms. The number of rotatable bonds is 3. The lowest BCUT2D eigenvalue weighted by atomic mass is 10.0. The maximum Gasteiger partial charge on any atom is 0.0693 e. The molecule has 0 amide bonds. The molecule has 2 N–H and O–H groups in total. The average Bonchev–Trinajstić information content (AvgIpc) is 2.90. The fourth-order valence-corrected chi connectivity index (χ4v) is 2.29. The van der Waals surface area contributed by atoms with Gasteiger partial charge < -0.3 is 10.4 Å². The van der Waals surface area contributed by atoms with E-state index in [0.29, 0.717) is 11.5 Å². The van der Waals surface area contributed by atoms with Crippen molar-refractivity contribution in [3.05, 3.63) is 0 Å². The Hall–Kier alpha value is -0.0800. The maximum atomic E-state index is 9.90. The van der Waals surface area contributed by atoms with Crippen LogP contribution in [-0.4, -0.2) is 23.8 Å². The quantitative estimate of drug-likeness (QED) is 0.679. The van der Waals surface area contributed by atoms with Crippen LogP contribution in [-0.2, 0) is 0 Å². The zero-order valence-electron chi connectivity index (χ0n) is 9.26. The van der Waals surface area contributed by atoms with Crippen molar-refractivity contribution in [2.24, 2.45) is 5.41 Å². The molecule has 2 heteroatoms. The Kier molecular flexibility index (Phi) is 3.13. The summed E-state index contributed by atoms with van der Waals surface area (Å²) < 4.78 is 0. The third kappa shape index (κ3) is 2.71. The highest BCUT2D eigenvalue weighted by Gasteiger charge is 2.37. The zero-order valence-corrected chi connectivity index (χ0v) is 9.26. The largest absolute Gasteiger partial charge is 0.392 e.